The molecule has 1 heterocycles. The van der Waals surface area contributed by atoms with E-state index in [1.54, 1.807) is 24.3 Å². The molecule has 0 aliphatic heterocycles. The van der Waals surface area contributed by atoms with E-state index < -0.39 is 0 Å². The Morgan fingerprint density at radius 1 is 1.06 bits per heavy atom. The van der Waals surface area contributed by atoms with Gasteiger partial charge >= 0.3 is 0 Å². The molecule has 0 amide bonds. The first-order chi connectivity index (χ1) is 8.24. The van der Waals surface area contributed by atoms with Crippen LogP contribution in [0.4, 0.5) is 0 Å². The van der Waals surface area contributed by atoms with Crippen molar-refractivity contribution >= 4 is 11.6 Å². The topological polar surface area (TPSA) is 47.3 Å². The van der Waals surface area contributed by atoms with Gasteiger partial charge in [0.15, 0.2) is 11.5 Å². The van der Waals surface area contributed by atoms with Crippen molar-refractivity contribution in [3.8, 4) is 0 Å². The SMILES string of the molecule is CCc1coc2c1C(=O)c1ccccc1C2=O. The number of carbonyl (C=O) groups is 2. The molecule has 0 saturated heterocycles. The number of ketones is 2. The Morgan fingerprint density at radius 3 is 2.35 bits per heavy atom. The first kappa shape index (κ1) is 10.0. The van der Waals surface area contributed by atoms with E-state index in [0.29, 0.717) is 23.1 Å². The van der Waals surface area contributed by atoms with Gasteiger partial charge in [0, 0.05) is 16.7 Å². The average molecular weight is 226 g/mol. The highest BCUT2D eigenvalue weighted by Crippen LogP contribution is 2.30. The highest BCUT2D eigenvalue weighted by Gasteiger charge is 2.34. The number of hydrogen-bond donors (Lipinski definition) is 0. The Labute approximate surface area is 98.1 Å². The van der Waals surface area contributed by atoms with Gasteiger partial charge in [0.05, 0.1) is 11.8 Å². The van der Waals surface area contributed by atoms with E-state index in [4.69, 9.17) is 4.42 Å². The Hall–Kier alpha value is -2.16. The molecule has 84 valence electrons. The summed E-state index contributed by atoms with van der Waals surface area (Å²) in [5.41, 5.74) is 2.15. The summed E-state index contributed by atoms with van der Waals surface area (Å²) in [6.07, 6.45) is 2.19. The van der Waals surface area contributed by atoms with Gasteiger partial charge in [0.25, 0.3) is 0 Å². The maximum Gasteiger partial charge on any atom is 0.229 e. The number of benzene rings is 1. The van der Waals surface area contributed by atoms with Gasteiger partial charge in [-0.2, -0.15) is 0 Å². The molecule has 3 nitrogen and oxygen atoms in total. The van der Waals surface area contributed by atoms with E-state index in [1.165, 1.54) is 6.26 Å². The summed E-state index contributed by atoms with van der Waals surface area (Å²) in [5, 5.41) is 0. The molecule has 17 heavy (non-hydrogen) atoms. The lowest BCUT2D eigenvalue weighted by Crippen LogP contribution is -2.20. The van der Waals surface area contributed by atoms with Crippen molar-refractivity contribution in [3.63, 3.8) is 0 Å². The molecule has 1 aromatic carbocycles. The average Bonchev–Trinajstić information content (AvgIpc) is 2.80. The fourth-order valence-electron chi connectivity index (χ4n) is 2.21. The molecule has 0 N–H and O–H groups in total. The summed E-state index contributed by atoms with van der Waals surface area (Å²) < 4.78 is 5.25. The molecule has 3 rings (SSSR count). The Kier molecular flexibility index (Phi) is 2.01. The second-order valence-corrected chi connectivity index (χ2v) is 4.02. The van der Waals surface area contributed by atoms with Gasteiger partial charge < -0.3 is 4.42 Å². The summed E-state index contributed by atoms with van der Waals surface area (Å²) in [7, 11) is 0. The van der Waals surface area contributed by atoms with Crippen LogP contribution in [0, 0.1) is 0 Å². The lowest BCUT2D eigenvalue weighted by atomic mass is 9.86. The molecule has 0 atom stereocenters. The van der Waals surface area contributed by atoms with E-state index in [-0.39, 0.29) is 17.3 Å². The summed E-state index contributed by atoms with van der Waals surface area (Å²) in [6.45, 7) is 1.93. The zero-order chi connectivity index (χ0) is 12.0. The van der Waals surface area contributed by atoms with E-state index in [0.717, 1.165) is 5.56 Å². The van der Waals surface area contributed by atoms with Crippen LogP contribution in [0.5, 0.6) is 0 Å². The molecule has 1 aliphatic rings. The molecule has 0 saturated carbocycles. The maximum absolute atomic E-state index is 12.3. The second-order valence-electron chi connectivity index (χ2n) is 4.02. The third kappa shape index (κ3) is 1.22. The van der Waals surface area contributed by atoms with Gasteiger partial charge in [-0.25, -0.2) is 0 Å². The van der Waals surface area contributed by atoms with Crippen LogP contribution in [0.2, 0.25) is 0 Å². The first-order valence-corrected chi connectivity index (χ1v) is 5.52. The standard InChI is InChI=1S/C14H10O3/c1-2-8-7-17-14-11(8)12(15)9-5-3-4-6-10(9)13(14)16/h3-7H,2H2,1H3. The van der Waals surface area contributed by atoms with Gasteiger partial charge in [-0.3, -0.25) is 9.59 Å². The fourth-order valence-corrected chi connectivity index (χ4v) is 2.21. The van der Waals surface area contributed by atoms with Crippen molar-refractivity contribution in [2.24, 2.45) is 0 Å². The molecule has 0 unspecified atom stereocenters. The van der Waals surface area contributed by atoms with Gasteiger partial charge in [0.1, 0.15) is 0 Å². The van der Waals surface area contributed by atoms with Crippen LogP contribution >= 0.6 is 0 Å². The molecule has 0 spiro atoms. The fraction of sp³-hybridized carbons (Fsp3) is 0.143. The monoisotopic (exact) mass is 226 g/mol. The highest BCUT2D eigenvalue weighted by molar-refractivity contribution is 6.27. The van der Waals surface area contributed by atoms with Crippen molar-refractivity contribution in [1.29, 1.82) is 0 Å². The summed E-state index contributed by atoms with van der Waals surface area (Å²) >= 11 is 0. The largest absolute Gasteiger partial charge is 0.460 e. The van der Waals surface area contributed by atoms with Gasteiger partial charge in [-0.05, 0) is 6.42 Å². The number of fused-ring (bicyclic) bond motifs is 2. The first-order valence-electron chi connectivity index (χ1n) is 5.52. The highest BCUT2D eigenvalue weighted by atomic mass is 16.3. The van der Waals surface area contributed by atoms with Gasteiger partial charge in [-0.1, -0.05) is 31.2 Å². The second kappa shape index (κ2) is 3.42. The van der Waals surface area contributed by atoms with E-state index in [2.05, 4.69) is 0 Å². The molecule has 0 fully saturated rings. The molecule has 0 bridgehead atoms. The number of aryl methyl sites for hydroxylation is 1. The van der Waals surface area contributed by atoms with Crippen LogP contribution in [-0.2, 0) is 6.42 Å². The molecule has 3 heteroatoms. The zero-order valence-electron chi connectivity index (χ0n) is 9.32. The lowest BCUT2D eigenvalue weighted by molar-refractivity contribution is 0.0960. The van der Waals surface area contributed by atoms with Crippen molar-refractivity contribution in [2.75, 3.05) is 0 Å². The van der Waals surface area contributed by atoms with Crippen molar-refractivity contribution in [2.45, 2.75) is 13.3 Å². The maximum atomic E-state index is 12.3. The van der Waals surface area contributed by atoms with Crippen LogP contribution in [-0.4, -0.2) is 11.6 Å². The Bertz CT molecular complexity index is 635. The van der Waals surface area contributed by atoms with Crippen LogP contribution in [0.15, 0.2) is 34.9 Å². The minimum absolute atomic E-state index is 0.110. The molecule has 1 aromatic heterocycles. The zero-order valence-corrected chi connectivity index (χ0v) is 9.32. The quantitative estimate of drug-likeness (QED) is 0.640. The predicted octanol–water partition coefficient (Wildman–Crippen LogP) is 2.62. The minimum atomic E-state index is -0.199. The minimum Gasteiger partial charge on any atom is -0.460 e. The summed E-state index contributed by atoms with van der Waals surface area (Å²) in [6, 6.07) is 6.86. The van der Waals surface area contributed by atoms with Crippen molar-refractivity contribution < 1.29 is 14.0 Å². The van der Waals surface area contributed by atoms with Crippen LogP contribution in [0.3, 0.4) is 0 Å². The predicted molar refractivity (Wildman–Crippen MR) is 61.4 cm³/mol. The molecule has 1 aliphatic carbocycles. The molecule has 0 radical (unpaired) electrons. The van der Waals surface area contributed by atoms with Crippen LogP contribution in [0.25, 0.3) is 0 Å². The van der Waals surface area contributed by atoms with Crippen molar-refractivity contribution in [1.82, 2.24) is 0 Å². The van der Waals surface area contributed by atoms with Crippen LogP contribution in [0.1, 0.15) is 44.5 Å². The van der Waals surface area contributed by atoms with E-state index in [1.807, 2.05) is 6.92 Å². The number of furan rings is 1. The van der Waals surface area contributed by atoms with E-state index in [9.17, 15) is 9.59 Å². The summed E-state index contributed by atoms with van der Waals surface area (Å²) in [4.78, 5) is 24.4. The van der Waals surface area contributed by atoms with E-state index >= 15 is 0 Å². The molecular formula is C14H10O3. The Balaban J connectivity index is 2.31. The van der Waals surface area contributed by atoms with Gasteiger partial charge in [-0.15, -0.1) is 0 Å². The third-order valence-corrected chi connectivity index (χ3v) is 3.10. The number of carbonyl (C=O) groups excluding carboxylic acids is 2. The normalized spacial score (nSPS) is 13.5. The Morgan fingerprint density at radius 2 is 1.71 bits per heavy atom. The lowest BCUT2D eigenvalue weighted by Gasteiger charge is -2.13. The number of hydrogen-bond acceptors (Lipinski definition) is 3. The summed E-state index contributed by atoms with van der Waals surface area (Å²) in [5.74, 6) is -0.124. The van der Waals surface area contributed by atoms with Gasteiger partial charge in [0.2, 0.25) is 5.78 Å². The van der Waals surface area contributed by atoms with Crippen LogP contribution < -0.4 is 0 Å². The molecular weight excluding hydrogens is 216 g/mol. The smallest absolute Gasteiger partial charge is 0.229 e. The van der Waals surface area contributed by atoms with Crippen molar-refractivity contribution in [3.05, 3.63) is 58.5 Å². The number of rotatable bonds is 1. The molecule has 2 aromatic rings. The third-order valence-electron chi connectivity index (χ3n) is 3.10.